The number of carbonyl (C=O) groups is 1. The Labute approximate surface area is 113 Å². The first-order chi connectivity index (χ1) is 8.87. The van der Waals surface area contributed by atoms with E-state index in [0.717, 1.165) is 5.56 Å². The summed E-state index contributed by atoms with van der Waals surface area (Å²) in [6, 6.07) is 1.84. The monoisotopic (exact) mass is 263 g/mol. The fourth-order valence-corrected chi connectivity index (χ4v) is 1.36. The van der Waals surface area contributed by atoms with Crippen molar-refractivity contribution in [1.82, 2.24) is 10.3 Å². The van der Waals surface area contributed by atoms with Crippen LogP contribution in [0.5, 0.6) is 0 Å². The molecule has 3 N–H and O–H groups in total. The van der Waals surface area contributed by atoms with E-state index in [9.17, 15) is 4.79 Å². The Kier molecular flexibility index (Phi) is 5.36. The summed E-state index contributed by atoms with van der Waals surface area (Å²) < 4.78 is 5.12. The summed E-state index contributed by atoms with van der Waals surface area (Å²) in [4.78, 5) is 15.3. The Balaban J connectivity index is 2.26. The first-order valence-electron chi connectivity index (χ1n) is 6.21. The number of anilines is 1. The quantitative estimate of drug-likeness (QED) is 0.818. The van der Waals surface area contributed by atoms with Gasteiger partial charge in [-0.05, 0) is 38.8 Å². The van der Waals surface area contributed by atoms with Crippen LogP contribution in [0.4, 0.5) is 10.5 Å². The van der Waals surface area contributed by atoms with E-state index < -0.39 is 11.7 Å². The maximum absolute atomic E-state index is 11.4. The van der Waals surface area contributed by atoms with Gasteiger partial charge in [0.25, 0.3) is 0 Å². The number of alkyl carbamates (subject to hydrolysis) is 1. The largest absolute Gasteiger partial charge is 0.444 e. The highest BCUT2D eigenvalue weighted by Crippen LogP contribution is 2.07. The lowest BCUT2D eigenvalue weighted by atomic mass is 10.2. The summed E-state index contributed by atoms with van der Waals surface area (Å²) in [6.45, 7) is 6.03. The van der Waals surface area contributed by atoms with Crippen LogP contribution in [0, 0.1) is 0 Å². The predicted molar refractivity (Wildman–Crippen MR) is 76.5 cm³/mol. The van der Waals surface area contributed by atoms with E-state index in [4.69, 9.17) is 10.5 Å². The van der Waals surface area contributed by atoms with Gasteiger partial charge in [0.1, 0.15) is 5.60 Å². The summed E-state index contributed by atoms with van der Waals surface area (Å²) in [5.74, 6) is 0. The number of pyridine rings is 1. The smallest absolute Gasteiger partial charge is 0.407 e. The molecule has 5 heteroatoms. The van der Waals surface area contributed by atoms with Gasteiger partial charge in [-0.2, -0.15) is 0 Å². The maximum atomic E-state index is 11.4. The zero-order valence-corrected chi connectivity index (χ0v) is 11.6. The van der Waals surface area contributed by atoms with Crippen LogP contribution in [-0.4, -0.2) is 23.2 Å². The molecule has 1 aromatic rings. The van der Waals surface area contributed by atoms with E-state index in [1.165, 1.54) is 0 Å². The second-order valence-electron chi connectivity index (χ2n) is 5.17. The summed E-state index contributed by atoms with van der Waals surface area (Å²) >= 11 is 0. The van der Waals surface area contributed by atoms with Crippen molar-refractivity contribution in [3.63, 3.8) is 0 Å². The number of nitrogens with one attached hydrogen (secondary N) is 1. The van der Waals surface area contributed by atoms with Gasteiger partial charge in [-0.25, -0.2) is 4.79 Å². The van der Waals surface area contributed by atoms with Crippen molar-refractivity contribution in [2.45, 2.75) is 32.8 Å². The van der Waals surface area contributed by atoms with Crippen LogP contribution in [0.15, 0.2) is 24.5 Å². The van der Waals surface area contributed by atoms with Gasteiger partial charge in [0.2, 0.25) is 0 Å². The maximum Gasteiger partial charge on any atom is 0.407 e. The molecule has 0 aliphatic heterocycles. The third kappa shape index (κ3) is 7.08. The molecule has 0 fully saturated rings. The number of aromatic nitrogens is 1. The first kappa shape index (κ1) is 15.0. The predicted octanol–water partition coefficient (Wildman–Crippen LogP) is 2.59. The Morgan fingerprint density at radius 3 is 2.84 bits per heavy atom. The third-order valence-corrected chi connectivity index (χ3v) is 2.07. The summed E-state index contributed by atoms with van der Waals surface area (Å²) in [7, 11) is 0. The molecule has 0 radical (unpaired) electrons. The molecular formula is C14H21N3O2. The number of nitrogen functional groups attached to an aromatic ring is 1. The van der Waals surface area contributed by atoms with Gasteiger partial charge in [-0.15, -0.1) is 0 Å². The van der Waals surface area contributed by atoms with Crippen LogP contribution in [0.3, 0.4) is 0 Å². The second-order valence-corrected chi connectivity index (χ2v) is 5.17. The standard InChI is InChI=1S/C14H21N3O2/c1-14(2,3)19-13(18)17-7-5-4-6-11-8-12(15)10-16-9-11/h4,6,8-10H,5,7,15H2,1-3H3,(H,17,18). The van der Waals surface area contributed by atoms with Gasteiger partial charge in [-0.3, -0.25) is 4.98 Å². The number of carbonyl (C=O) groups excluding carboxylic acids is 1. The van der Waals surface area contributed by atoms with Gasteiger partial charge >= 0.3 is 6.09 Å². The molecule has 0 aromatic carbocycles. The van der Waals surface area contributed by atoms with Crippen LogP contribution in [0.2, 0.25) is 0 Å². The Hall–Kier alpha value is -2.04. The van der Waals surface area contributed by atoms with Crippen LogP contribution in [-0.2, 0) is 4.74 Å². The average Bonchev–Trinajstić information content (AvgIpc) is 2.26. The highest BCUT2D eigenvalue weighted by atomic mass is 16.6. The summed E-state index contributed by atoms with van der Waals surface area (Å²) in [5.41, 5.74) is 6.73. The van der Waals surface area contributed by atoms with Gasteiger partial charge in [0.15, 0.2) is 0 Å². The number of hydrogen-bond acceptors (Lipinski definition) is 4. The molecule has 0 saturated heterocycles. The number of nitrogens with zero attached hydrogens (tertiary/aromatic N) is 1. The zero-order valence-electron chi connectivity index (χ0n) is 11.6. The fourth-order valence-electron chi connectivity index (χ4n) is 1.36. The molecule has 1 aromatic heterocycles. The van der Waals surface area contributed by atoms with Gasteiger partial charge in [-0.1, -0.05) is 12.2 Å². The van der Waals surface area contributed by atoms with Crippen molar-refractivity contribution in [2.24, 2.45) is 0 Å². The van der Waals surface area contributed by atoms with Crippen molar-refractivity contribution in [3.05, 3.63) is 30.1 Å². The first-order valence-corrected chi connectivity index (χ1v) is 6.21. The van der Waals surface area contributed by atoms with Gasteiger partial charge < -0.3 is 15.8 Å². The van der Waals surface area contributed by atoms with Crippen LogP contribution in [0.1, 0.15) is 32.8 Å². The Morgan fingerprint density at radius 2 is 2.21 bits per heavy atom. The molecule has 1 heterocycles. The lowest BCUT2D eigenvalue weighted by Crippen LogP contribution is -2.32. The minimum absolute atomic E-state index is 0.397. The van der Waals surface area contributed by atoms with Crippen molar-refractivity contribution < 1.29 is 9.53 Å². The normalized spacial score (nSPS) is 11.5. The summed E-state index contributed by atoms with van der Waals surface area (Å²) in [6.07, 6.45) is 7.52. The van der Waals surface area contributed by atoms with Crippen molar-refractivity contribution in [2.75, 3.05) is 12.3 Å². The van der Waals surface area contributed by atoms with Crippen LogP contribution in [0.25, 0.3) is 6.08 Å². The Morgan fingerprint density at radius 1 is 1.47 bits per heavy atom. The molecule has 5 nitrogen and oxygen atoms in total. The minimum atomic E-state index is -0.465. The highest BCUT2D eigenvalue weighted by Gasteiger charge is 2.14. The molecule has 0 aliphatic carbocycles. The molecule has 0 spiro atoms. The van der Waals surface area contributed by atoms with E-state index in [-0.39, 0.29) is 0 Å². The SMILES string of the molecule is CC(C)(C)OC(=O)NCCC=Cc1cncc(N)c1. The molecule has 0 unspecified atom stereocenters. The van der Waals surface area contributed by atoms with E-state index >= 15 is 0 Å². The molecule has 0 bridgehead atoms. The molecule has 19 heavy (non-hydrogen) atoms. The van der Waals surface area contributed by atoms with E-state index in [1.54, 1.807) is 12.4 Å². The zero-order chi connectivity index (χ0) is 14.3. The van der Waals surface area contributed by atoms with Crippen molar-refractivity contribution >= 4 is 17.9 Å². The minimum Gasteiger partial charge on any atom is -0.444 e. The van der Waals surface area contributed by atoms with E-state index in [0.29, 0.717) is 18.7 Å². The molecule has 1 amide bonds. The highest BCUT2D eigenvalue weighted by molar-refractivity contribution is 5.67. The number of amides is 1. The third-order valence-electron chi connectivity index (χ3n) is 2.07. The molecule has 1 rings (SSSR count). The topological polar surface area (TPSA) is 77.2 Å². The van der Waals surface area contributed by atoms with Crippen LogP contribution >= 0.6 is 0 Å². The lowest BCUT2D eigenvalue weighted by Gasteiger charge is -2.19. The molecular weight excluding hydrogens is 242 g/mol. The average molecular weight is 263 g/mol. The number of rotatable bonds is 4. The summed E-state index contributed by atoms with van der Waals surface area (Å²) in [5, 5.41) is 2.68. The number of nitrogens with two attached hydrogens (primary N) is 1. The van der Waals surface area contributed by atoms with Crippen molar-refractivity contribution in [1.29, 1.82) is 0 Å². The molecule has 104 valence electrons. The Bertz CT molecular complexity index is 450. The second kappa shape index (κ2) is 6.78. The van der Waals surface area contributed by atoms with Crippen molar-refractivity contribution in [3.8, 4) is 0 Å². The molecule has 0 atom stereocenters. The van der Waals surface area contributed by atoms with Gasteiger partial charge in [0, 0.05) is 18.9 Å². The van der Waals surface area contributed by atoms with Crippen LogP contribution < -0.4 is 11.1 Å². The van der Waals surface area contributed by atoms with E-state index in [2.05, 4.69) is 10.3 Å². The number of ether oxygens (including phenoxy) is 1. The molecule has 0 aliphatic rings. The number of hydrogen-bond donors (Lipinski definition) is 2. The fraction of sp³-hybridized carbons (Fsp3) is 0.429. The van der Waals surface area contributed by atoms with E-state index in [1.807, 2.05) is 39.0 Å². The molecule has 0 saturated carbocycles. The lowest BCUT2D eigenvalue weighted by molar-refractivity contribution is 0.0529. The van der Waals surface area contributed by atoms with Gasteiger partial charge in [0.05, 0.1) is 5.69 Å².